The number of carbonyl (C=O) groups excluding carboxylic acids is 2. The number of aromatic nitrogens is 2. The van der Waals surface area contributed by atoms with Crippen LogP contribution in [0.3, 0.4) is 0 Å². The minimum atomic E-state index is -0.619. The van der Waals surface area contributed by atoms with E-state index in [2.05, 4.69) is 4.85 Å². The summed E-state index contributed by atoms with van der Waals surface area (Å²) in [5.74, 6) is 0.724. The van der Waals surface area contributed by atoms with Crippen LogP contribution in [0.2, 0.25) is 0 Å². The lowest BCUT2D eigenvalue weighted by molar-refractivity contribution is 0.0288. The third kappa shape index (κ3) is 5.92. The molecule has 2 heterocycles. The lowest BCUT2D eigenvalue weighted by Crippen LogP contribution is -2.35. The van der Waals surface area contributed by atoms with Gasteiger partial charge in [-0.2, -0.15) is 5.10 Å². The second kappa shape index (κ2) is 10.7. The molecule has 1 atom stereocenters. The SMILES string of the molecule is [C-]#[N+]c1c(-c2ccc(Oc3ccccc3)cc2)nn(C2CCN(C(=O)OC(C)(C)C)C2)c1C(=O)OCC. The Morgan fingerprint density at radius 3 is 2.38 bits per heavy atom. The van der Waals surface area contributed by atoms with E-state index < -0.39 is 17.7 Å². The van der Waals surface area contributed by atoms with Crippen LogP contribution < -0.4 is 4.74 Å². The summed E-state index contributed by atoms with van der Waals surface area (Å²) in [6.45, 7) is 15.9. The first-order valence-corrected chi connectivity index (χ1v) is 12.2. The summed E-state index contributed by atoms with van der Waals surface area (Å²) in [5.41, 5.74) is 0.633. The van der Waals surface area contributed by atoms with Crippen LogP contribution in [0.1, 0.15) is 50.6 Å². The fraction of sp³-hybridized carbons (Fsp3) is 0.357. The Hall–Kier alpha value is -4.32. The van der Waals surface area contributed by atoms with Crippen LogP contribution in [0.15, 0.2) is 54.6 Å². The standard InChI is InChI=1S/C28H30N4O5/c1-6-35-26(33)25-24(29-5)23(19-12-14-22(15-13-19)36-21-10-8-7-9-11-21)30-32(25)20-16-17-31(18-20)27(34)37-28(2,3)4/h7-15,20H,6,16-18H2,1-4H3. The van der Waals surface area contributed by atoms with E-state index in [4.69, 9.17) is 25.9 Å². The summed E-state index contributed by atoms with van der Waals surface area (Å²) in [7, 11) is 0. The number of hydrogen-bond donors (Lipinski definition) is 0. The second-order valence-corrected chi connectivity index (χ2v) is 9.63. The van der Waals surface area contributed by atoms with E-state index >= 15 is 0 Å². The van der Waals surface area contributed by atoms with Crippen LogP contribution in [-0.2, 0) is 9.47 Å². The molecular weight excluding hydrogens is 472 g/mol. The molecule has 0 aliphatic carbocycles. The normalized spacial score (nSPS) is 15.2. The van der Waals surface area contributed by atoms with Gasteiger partial charge in [-0.15, -0.1) is 0 Å². The summed E-state index contributed by atoms with van der Waals surface area (Å²) >= 11 is 0. The fourth-order valence-corrected chi connectivity index (χ4v) is 4.12. The van der Waals surface area contributed by atoms with Gasteiger partial charge in [-0.1, -0.05) is 30.3 Å². The van der Waals surface area contributed by atoms with Crippen molar-refractivity contribution < 1.29 is 23.8 Å². The van der Waals surface area contributed by atoms with Gasteiger partial charge in [-0.25, -0.2) is 14.4 Å². The van der Waals surface area contributed by atoms with Gasteiger partial charge in [-0.3, -0.25) is 4.68 Å². The van der Waals surface area contributed by atoms with E-state index in [1.165, 1.54) is 0 Å². The van der Waals surface area contributed by atoms with Crippen LogP contribution in [0.25, 0.3) is 16.1 Å². The molecule has 0 spiro atoms. The maximum atomic E-state index is 13.0. The minimum absolute atomic E-state index is 0.0903. The molecule has 4 rings (SSSR count). The summed E-state index contributed by atoms with van der Waals surface area (Å²) < 4.78 is 18.2. The van der Waals surface area contributed by atoms with E-state index in [1.54, 1.807) is 40.8 Å². The molecular formula is C28H30N4O5. The van der Waals surface area contributed by atoms with Gasteiger partial charge >= 0.3 is 12.1 Å². The minimum Gasteiger partial charge on any atom is -0.462 e. The number of likely N-dealkylation sites (tertiary alicyclic amines) is 1. The molecule has 2 aromatic carbocycles. The highest BCUT2D eigenvalue weighted by Gasteiger charge is 2.35. The molecule has 1 unspecified atom stereocenters. The highest BCUT2D eigenvalue weighted by atomic mass is 16.6. The summed E-state index contributed by atoms with van der Waals surface area (Å²) in [6.07, 6.45) is 0.146. The first-order valence-electron chi connectivity index (χ1n) is 12.2. The van der Waals surface area contributed by atoms with E-state index in [0.29, 0.717) is 42.3 Å². The van der Waals surface area contributed by atoms with Crippen LogP contribution in [0, 0.1) is 6.57 Å². The average Bonchev–Trinajstić information content (AvgIpc) is 3.49. The first kappa shape index (κ1) is 25.8. The Bertz CT molecular complexity index is 1300. The van der Waals surface area contributed by atoms with Crippen molar-refractivity contribution >= 4 is 17.7 Å². The zero-order valence-corrected chi connectivity index (χ0v) is 21.4. The molecule has 1 aromatic heterocycles. The molecule has 1 amide bonds. The quantitative estimate of drug-likeness (QED) is 0.292. The smallest absolute Gasteiger partial charge is 0.410 e. The molecule has 0 saturated carbocycles. The van der Waals surface area contributed by atoms with Crippen LogP contribution >= 0.6 is 0 Å². The molecule has 1 aliphatic heterocycles. The summed E-state index contributed by atoms with van der Waals surface area (Å²) in [5, 5.41) is 4.70. The lowest BCUT2D eigenvalue weighted by atomic mass is 10.1. The van der Waals surface area contributed by atoms with Crippen molar-refractivity contribution in [1.82, 2.24) is 14.7 Å². The molecule has 1 saturated heterocycles. The molecule has 9 heteroatoms. The van der Waals surface area contributed by atoms with E-state index in [1.807, 2.05) is 51.1 Å². The Morgan fingerprint density at radius 2 is 1.76 bits per heavy atom. The molecule has 192 valence electrons. The topological polar surface area (TPSA) is 87.3 Å². The fourth-order valence-electron chi connectivity index (χ4n) is 4.12. The molecule has 9 nitrogen and oxygen atoms in total. The third-order valence-corrected chi connectivity index (χ3v) is 5.73. The predicted octanol–water partition coefficient (Wildman–Crippen LogP) is 6.25. The van der Waals surface area contributed by atoms with Crippen molar-refractivity contribution in [2.75, 3.05) is 19.7 Å². The van der Waals surface area contributed by atoms with Crippen molar-refractivity contribution in [3.05, 3.63) is 71.7 Å². The number of esters is 1. The molecule has 0 bridgehead atoms. The monoisotopic (exact) mass is 502 g/mol. The number of carbonyl (C=O) groups is 2. The maximum Gasteiger partial charge on any atom is 0.410 e. The Labute approximate surface area is 216 Å². The largest absolute Gasteiger partial charge is 0.462 e. The number of hydrogen-bond acceptors (Lipinski definition) is 6. The summed E-state index contributed by atoms with van der Waals surface area (Å²) in [4.78, 5) is 30.8. The van der Waals surface area contributed by atoms with Gasteiger partial charge in [-0.05, 0) is 63.9 Å². The molecule has 0 radical (unpaired) electrons. The van der Waals surface area contributed by atoms with Gasteiger partial charge in [0.15, 0.2) is 5.69 Å². The van der Waals surface area contributed by atoms with Crippen LogP contribution in [-0.4, -0.2) is 52.0 Å². The zero-order chi connectivity index (χ0) is 26.6. The zero-order valence-electron chi connectivity index (χ0n) is 21.4. The van der Waals surface area contributed by atoms with Crippen molar-refractivity contribution in [1.29, 1.82) is 0 Å². The number of nitrogens with zero attached hydrogens (tertiary/aromatic N) is 4. The predicted molar refractivity (Wildman–Crippen MR) is 138 cm³/mol. The molecule has 1 aliphatic rings. The van der Waals surface area contributed by atoms with Crippen LogP contribution in [0.4, 0.5) is 10.5 Å². The molecule has 37 heavy (non-hydrogen) atoms. The van der Waals surface area contributed by atoms with E-state index in [9.17, 15) is 9.59 Å². The highest BCUT2D eigenvalue weighted by molar-refractivity contribution is 5.98. The highest BCUT2D eigenvalue weighted by Crippen LogP contribution is 2.38. The number of amides is 1. The Balaban J connectivity index is 1.65. The molecule has 1 fully saturated rings. The van der Waals surface area contributed by atoms with Gasteiger partial charge in [0.05, 0.1) is 24.9 Å². The number of para-hydroxylation sites is 1. The van der Waals surface area contributed by atoms with Gasteiger partial charge in [0.2, 0.25) is 5.69 Å². The third-order valence-electron chi connectivity index (χ3n) is 5.73. The molecule has 0 N–H and O–H groups in total. The Kier molecular flexibility index (Phi) is 7.48. The van der Waals surface area contributed by atoms with Crippen molar-refractivity contribution in [3.63, 3.8) is 0 Å². The average molecular weight is 503 g/mol. The number of ether oxygens (including phenoxy) is 3. The number of rotatable bonds is 6. The summed E-state index contributed by atoms with van der Waals surface area (Å²) in [6, 6.07) is 16.3. The second-order valence-electron chi connectivity index (χ2n) is 9.63. The van der Waals surface area contributed by atoms with Gasteiger partial charge in [0.1, 0.15) is 17.1 Å². The van der Waals surface area contributed by atoms with Crippen molar-refractivity contribution in [3.8, 4) is 22.8 Å². The Morgan fingerprint density at radius 1 is 1.08 bits per heavy atom. The first-order chi connectivity index (χ1) is 17.7. The van der Waals surface area contributed by atoms with E-state index in [0.717, 1.165) is 0 Å². The van der Waals surface area contributed by atoms with Crippen molar-refractivity contribution in [2.45, 2.75) is 45.8 Å². The van der Waals surface area contributed by atoms with Crippen LogP contribution in [0.5, 0.6) is 11.5 Å². The van der Waals surface area contributed by atoms with E-state index in [-0.39, 0.29) is 24.0 Å². The molecule has 3 aromatic rings. The maximum absolute atomic E-state index is 13.0. The van der Waals surface area contributed by atoms with Gasteiger partial charge in [0.25, 0.3) is 0 Å². The lowest BCUT2D eigenvalue weighted by Gasteiger charge is -2.24. The van der Waals surface area contributed by atoms with Crippen molar-refractivity contribution in [2.24, 2.45) is 0 Å². The van der Waals surface area contributed by atoms with Gasteiger partial charge in [0, 0.05) is 13.1 Å². The van der Waals surface area contributed by atoms with Gasteiger partial charge < -0.3 is 19.1 Å². The number of benzene rings is 2.